The molecule has 0 bridgehead atoms. The normalized spacial score (nSPS) is 20.2. The monoisotopic (exact) mass is 271 g/mol. The first-order valence-electron chi connectivity index (χ1n) is 5.92. The minimum atomic E-state index is -0.504. The van der Waals surface area contributed by atoms with Gasteiger partial charge in [-0.25, -0.2) is 9.89 Å². The maximum absolute atomic E-state index is 12.0. The number of ether oxygens (including phenoxy) is 1. The fourth-order valence-electron chi connectivity index (χ4n) is 1.95. The third-order valence-electron chi connectivity index (χ3n) is 2.62. The summed E-state index contributed by atoms with van der Waals surface area (Å²) in [6.45, 7) is 6.18. The van der Waals surface area contributed by atoms with Gasteiger partial charge in [0.25, 0.3) is 4.84 Å². The summed E-state index contributed by atoms with van der Waals surface area (Å²) in [6, 6.07) is -0.187. The Kier molecular flexibility index (Phi) is 3.43. The van der Waals surface area contributed by atoms with Crippen molar-refractivity contribution < 1.29 is 13.9 Å². The van der Waals surface area contributed by atoms with Crippen molar-refractivity contribution in [3.05, 3.63) is 10.7 Å². The largest absolute Gasteiger partial charge is 0.444 e. The van der Waals surface area contributed by atoms with Crippen LogP contribution in [0.2, 0.25) is 0 Å². The van der Waals surface area contributed by atoms with Gasteiger partial charge in [-0.15, -0.1) is 5.10 Å². The predicted octanol–water partition coefficient (Wildman–Crippen LogP) is 2.80. The summed E-state index contributed by atoms with van der Waals surface area (Å²) in [5.74, 6) is 0.448. The maximum Gasteiger partial charge on any atom is 0.410 e. The molecule has 1 amide bonds. The van der Waals surface area contributed by atoms with Crippen LogP contribution in [-0.2, 0) is 4.74 Å². The number of likely N-dealkylation sites (tertiary alicyclic amines) is 1. The zero-order chi connectivity index (χ0) is 13.3. The van der Waals surface area contributed by atoms with Crippen LogP contribution in [0.15, 0.2) is 4.42 Å². The maximum atomic E-state index is 12.0. The fraction of sp³-hybridized carbons (Fsp3) is 0.727. The molecule has 1 fully saturated rings. The highest BCUT2D eigenvalue weighted by molar-refractivity contribution is 7.71. The average molecular weight is 271 g/mol. The molecular weight excluding hydrogens is 254 g/mol. The van der Waals surface area contributed by atoms with Crippen molar-refractivity contribution in [1.29, 1.82) is 0 Å². The highest BCUT2D eigenvalue weighted by Gasteiger charge is 2.35. The van der Waals surface area contributed by atoms with Gasteiger partial charge in [0.05, 0.1) is 0 Å². The van der Waals surface area contributed by atoms with Gasteiger partial charge in [0, 0.05) is 6.54 Å². The van der Waals surface area contributed by atoms with Gasteiger partial charge in [-0.05, 0) is 45.8 Å². The van der Waals surface area contributed by atoms with Gasteiger partial charge >= 0.3 is 6.09 Å². The number of aromatic amines is 1. The topological polar surface area (TPSA) is 71.4 Å². The summed E-state index contributed by atoms with van der Waals surface area (Å²) in [5, 5.41) is 6.55. The number of amides is 1. The summed E-state index contributed by atoms with van der Waals surface area (Å²) in [6.07, 6.45) is 1.37. The average Bonchev–Trinajstić information content (AvgIpc) is 2.81. The van der Waals surface area contributed by atoms with Crippen LogP contribution in [-0.4, -0.2) is 33.3 Å². The van der Waals surface area contributed by atoms with Gasteiger partial charge in [-0.3, -0.25) is 4.90 Å². The van der Waals surface area contributed by atoms with Crippen molar-refractivity contribution in [2.75, 3.05) is 6.54 Å². The van der Waals surface area contributed by atoms with E-state index in [0.29, 0.717) is 12.4 Å². The van der Waals surface area contributed by atoms with Crippen LogP contribution in [0.4, 0.5) is 4.79 Å². The molecule has 6 nitrogen and oxygen atoms in total. The molecule has 100 valence electrons. The van der Waals surface area contributed by atoms with E-state index in [9.17, 15) is 4.79 Å². The molecule has 1 N–H and O–H groups in total. The van der Waals surface area contributed by atoms with E-state index in [0.717, 1.165) is 12.8 Å². The van der Waals surface area contributed by atoms with E-state index in [1.54, 1.807) is 4.90 Å². The lowest BCUT2D eigenvalue weighted by atomic mass is 10.2. The molecule has 1 atom stereocenters. The first-order valence-corrected chi connectivity index (χ1v) is 6.33. The molecule has 1 aliphatic heterocycles. The predicted molar refractivity (Wildman–Crippen MR) is 66.6 cm³/mol. The van der Waals surface area contributed by atoms with Gasteiger partial charge in [-0.1, -0.05) is 0 Å². The Morgan fingerprint density at radius 1 is 1.61 bits per heavy atom. The minimum Gasteiger partial charge on any atom is -0.444 e. The van der Waals surface area contributed by atoms with Crippen molar-refractivity contribution in [1.82, 2.24) is 15.1 Å². The number of hydrogen-bond acceptors (Lipinski definition) is 5. The molecule has 1 aromatic rings. The van der Waals surface area contributed by atoms with Crippen molar-refractivity contribution in [3.8, 4) is 0 Å². The third-order valence-corrected chi connectivity index (χ3v) is 2.80. The van der Waals surface area contributed by atoms with E-state index in [1.807, 2.05) is 20.8 Å². The Morgan fingerprint density at radius 3 is 2.89 bits per heavy atom. The molecular formula is C11H17N3O3S. The summed E-state index contributed by atoms with van der Waals surface area (Å²) in [7, 11) is 0. The van der Waals surface area contributed by atoms with E-state index in [4.69, 9.17) is 21.4 Å². The second-order valence-corrected chi connectivity index (χ2v) is 5.65. The van der Waals surface area contributed by atoms with E-state index < -0.39 is 5.60 Å². The summed E-state index contributed by atoms with van der Waals surface area (Å²) in [5.41, 5.74) is -0.504. The number of nitrogens with zero attached hydrogens (tertiary/aromatic N) is 2. The molecule has 0 aromatic carbocycles. The van der Waals surface area contributed by atoms with Crippen LogP contribution >= 0.6 is 12.2 Å². The van der Waals surface area contributed by atoms with Crippen LogP contribution in [0.1, 0.15) is 45.5 Å². The number of carbonyl (C=O) groups excluding carboxylic acids is 1. The van der Waals surface area contributed by atoms with Crippen molar-refractivity contribution in [3.63, 3.8) is 0 Å². The van der Waals surface area contributed by atoms with E-state index in [2.05, 4.69) is 10.2 Å². The molecule has 0 saturated carbocycles. The smallest absolute Gasteiger partial charge is 0.410 e. The second kappa shape index (κ2) is 4.72. The summed E-state index contributed by atoms with van der Waals surface area (Å²) in [4.78, 5) is 13.9. The Hall–Kier alpha value is -1.37. The first kappa shape index (κ1) is 13.1. The summed E-state index contributed by atoms with van der Waals surface area (Å²) < 4.78 is 10.6. The van der Waals surface area contributed by atoms with Crippen LogP contribution in [0.3, 0.4) is 0 Å². The molecule has 1 aromatic heterocycles. The Morgan fingerprint density at radius 2 is 2.33 bits per heavy atom. The quantitative estimate of drug-likeness (QED) is 0.795. The Labute approximate surface area is 110 Å². The van der Waals surface area contributed by atoms with Gasteiger partial charge in [0.15, 0.2) is 0 Å². The van der Waals surface area contributed by atoms with Crippen LogP contribution in [0, 0.1) is 4.84 Å². The standard InChI is InChI=1S/C11H17N3O3S/c1-11(2,3)17-10(15)14-6-4-5-7(14)8-12-13-9(18)16-8/h7H,4-6H2,1-3H3,(H,13,18)/t7-/m0/s1. The highest BCUT2D eigenvalue weighted by Crippen LogP contribution is 2.31. The van der Waals surface area contributed by atoms with Gasteiger partial charge in [0.1, 0.15) is 11.6 Å². The van der Waals surface area contributed by atoms with Crippen LogP contribution in [0.5, 0.6) is 0 Å². The zero-order valence-corrected chi connectivity index (χ0v) is 11.5. The molecule has 0 radical (unpaired) electrons. The summed E-state index contributed by atoms with van der Waals surface area (Å²) >= 11 is 4.84. The SMILES string of the molecule is CC(C)(C)OC(=O)N1CCC[C@H]1c1n[nH]c(=S)o1. The molecule has 2 heterocycles. The molecule has 7 heteroatoms. The fourth-order valence-corrected chi connectivity index (χ4v) is 2.08. The van der Waals surface area contributed by atoms with E-state index in [-0.39, 0.29) is 17.0 Å². The molecule has 0 spiro atoms. The van der Waals surface area contributed by atoms with Crippen LogP contribution in [0.25, 0.3) is 0 Å². The lowest BCUT2D eigenvalue weighted by molar-refractivity contribution is 0.0203. The van der Waals surface area contributed by atoms with Gasteiger partial charge < -0.3 is 9.15 Å². The minimum absolute atomic E-state index is 0.187. The van der Waals surface area contributed by atoms with E-state index in [1.165, 1.54) is 0 Å². The van der Waals surface area contributed by atoms with Gasteiger partial charge in [0.2, 0.25) is 5.89 Å². The molecule has 2 rings (SSSR count). The third kappa shape index (κ3) is 2.90. The number of rotatable bonds is 1. The van der Waals surface area contributed by atoms with Crippen molar-refractivity contribution in [2.24, 2.45) is 0 Å². The van der Waals surface area contributed by atoms with Gasteiger partial charge in [-0.2, -0.15) is 0 Å². The Balaban J connectivity index is 2.13. The number of carbonyl (C=O) groups is 1. The number of H-pyrrole nitrogens is 1. The highest BCUT2D eigenvalue weighted by atomic mass is 32.1. The molecule has 1 aliphatic rings. The first-order chi connectivity index (χ1) is 8.37. The zero-order valence-electron chi connectivity index (χ0n) is 10.7. The van der Waals surface area contributed by atoms with Crippen LogP contribution < -0.4 is 0 Å². The second-order valence-electron chi connectivity index (χ2n) is 5.28. The Bertz CT molecular complexity index is 488. The lowest BCUT2D eigenvalue weighted by Crippen LogP contribution is -2.36. The van der Waals surface area contributed by atoms with Crippen molar-refractivity contribution >= 4 is 18.3 Å². The molecule has 0 aliphatic carbocycles. The molecule has 0 unspecified atom stereocenters. The number of aromatic nitrogens is 2. The number of hydrogen-bond donors (Lipinski definition) is 1. The molecule has 18 heavy (non-hydrogen) atoms. The number of nitrogens with one attached hydrogen (secondary N) is 1. The lowest BCUT2D eigenvalue weighted by Gasteiger charge is -2.27. The van der Waals surface area contributed by atoms with Crippen molar-refractivity contribution in [2.45, 2.75) is 45.3 Å². The van der Waals surface area contributed by atoms with E-state index >= 15 is 0 Å². The molecule has 1 saturated heterocycles.